The molecule has 0 heterocycles. The third kappa shape index (κ3) is 9.17. The summed E-state index contributed by atoms with van der Waals surface area (Å²) in [7, 11) is -13.8. The van der Waals surface area contributed by atoms with Crippen LogP contribution in [0.15, 0.2) is 136 Å². The third-order valence-corrected chi connectivity index (χ3v) is 11.2. The second-order valence-electron chi connectivity index (χ2n) is 12.1. The van der Waals surface area contributed by atoms with Crippen LogP contribution in [-0.4, -0.2) is 56.3 Å². The topological polar surface area (TPSA) is 216 Å². The largest absolute Gasteiger partial charge is 0.367 e. The molecule has 1 aliphatic carbocycles. The van der Waals surface area contributed by atoms with Gasteiger partial charge in [-0.1, -0.05) is 55.5 Å². The minimum Gasteiger partial charge on any atom is -0.367 e. The molecule has 4 aromatic carbocycles. The Kier molecular flexibility index (Phi) is 11.3. The Bertz CT molecular complexity index is 2470. The molecule has 1 atom stereocenters. The van der Waals surface area contributed by atoms with Crippen LogP contribution in [0.3, 0.4) is 0 Å². The highest BCUT2D eigenvalue weighted by atomic mass is 32.2. The standard InChI is InChI=1S/C37H36N2O11S3/c1-3-37(41,28-8-6-10-33(22-28)52(45,46)47)38-29-15-11-26(12-16-29)36(34-20-19-31(40)23-35(34)53(48,49)50)27-13-17-30(18-14-27)39(4-2)24-25-7-5-9-32(21-25)51(42,43)44/h5-23,38,41H,3-4,24H2,1-2H3,(H,42,43,44)(H,45,46,47)(H,48,49,50). The van der Waals surface area contributed by atoms with Crippen LogP contribution in [0.1, 0.15) is 42.5 Å². The number of aliphatic hydroxyl groups is 1. The fourth-order valence-electron chi connectivity index (χ4n) is 5.89. The third-order valence-electron chi connectivity index (χ3n) is 8.62. The van der Waals surface area contributed by atoms with Gasteiger partial charge in [0, 0.05) is 41.7 Å². The van der Waals surface area contributed by atoms with Crippen LogP contribution in [0.2, 0.25) is 0 Å². The highest BCUT2D eigenvalue weighted by Crippen LogP contribution is 2.37. The van der Waals surface area contributed by atoms with Crippen molar-refractivity contribution in [2.24, 2.45) is 0 Å². The van der Waals surface area contributed by atoms with Gasteiger partial charge in [0.15, 0.2) is 11.5 Å². The van der Waals surface area contributed by atoms with Crippen molar-refractivity contribution < 1.29 is 48.8 Å². The van der Waals surface area contributed by atoms with E-state index in [2.05, 4.69) is 5.32 Å². The van der Waals surface area contributed by atoms with Crippen molar-refractivity contribution >= 4 is 53.1 Å². The number of carbonyl (C=O) groups excluding carboxylic acids is 1. The van der Waals surface area contributed by atoms with Gasteiger partial charge >= 0.3 is 0 Å². The predicted molar refractivity (Wildman–Crippen MR) is 200 cm³/mol. The molecule has 0 spiro atoms. The molecule has 1 unspecified atom stereocenters. The highest BCUT2D eigenvalue weighted by molar-refractivity contribution is 7.90. The molecule has 0 fully saturated rings. The smallest absolute Gasteiger partial charge is 0.295 e. The van der Waals surface area contributed by atoms with Gasteiger partial charge in [0.1, 0.15) is 4.91 Å². The van der Waals surface area contributed by atoms with E-state index in [1.165, 1.54) is 48.6 Å². The number of rotatable bonds is 13. The van der Waals surface area contributed by atoms with E-state index < -0.39 is 51.7 Å². The summed E-state index contributed by atoms with van der Waals surface area (Å²) in [5.74, 6) is -0.635. The molecule has 16 heteroatoms. The molecule has 0 bridgehead atoms. The number of benzene rings is 4. The summed E-state index contributed by atoms with van der Waals surface area (Å²) in [5.41, 5.74) is 1.53. The minimum absolute atomic E-state index is 0.0435. The summed E-state index contributed by atoms with van der Waals surface area (Å²) >= 11 is 0. The lowest BCUT2D eigenvalue weighted by Gasteiger charge is -2.30. The van der Waals surface area contributed by atoms with Crippen LogP contribution in [0.5, 0.6) is 0 Å². The van der Waals surface area contributed by atoms with Gasteiger partial charge in [0.2, 0.25) is 0 Å². The van der Waals surface area contributed by atoms with E-state index in [-0.39, 0.29) is 22.5 Å². The fraction of sp³-hybridized carbons (Fsp3) is 0.162. The number of anilines is 2. The van der Waals surface area contributed by atoms with Gasteiger partial charge in [-0.15, -0.1) is 0 Å². The van der Waals surface area contributed by atoms with Gasteiger partial charge in [0.05, 0.1) is 9.79 Å². The molecule has 0 saturated heterocycles. The van der Waals surface area contributed by atoms with Gasteiger partial charge in [-0.3, -0.25) is 18.5 Å². The molecular formula is C37H36N2O11S3. The van der Waals surface area contributed by atoms with Crippen molar-refractivity contribution in [3.8, 4) is 0 Å². The summed E-state index contributed by atoms with van der Waals surface area (Å²) in [4.78, 5) is 13.0. The Morgan fingerprint density at radius 2 is 1.28 bits per heavy atom. The SMILES string of the molecule is CCN(Cc1cccc(S(=O)(=O)O)c1)c1ccc(C(=C2C=CC(=O)C=C2S(=O)(=O)O)c2ccc(NC(O)(CC)c3cccc(S(=O)(=O)O)c3)cc2)cc1. The molecule has 5 N–H and O–H groups in total. The predicted octanol–water partition coefficient (Wildman–Crippen LogP) is 5.59. The molecule has 13 nitrogen and oxygen atoms in total. The summed E-state index contributed by atoms with van der Waals surface area (Å²) in [6.45, 7) is 4.39. The molecule has 1 aliphatic rings. The van der Waals surface area contributed by atoms with Crippen molar-refractivity contribution in [3.05, 3.63) is 148 Å². The Hall–Kier alpha value is -4.94. The molecular weight excluding hydrogens is 745 g/mol. The zero-order valence-electron chi connectivity index (χ0n) is 28.4. The number of hydrogen-bond acceptors (Lipinski definition) is 10. The van der Waals surface area contributed by atoms with Gasteiger partial charge in [-0.25, -0.2) is 0 Å². The molecule has 0 saturated carbocycles. The van der Waals surface area contributed by atoms with E-state index in [0.29, 0.717) is 41.0 Å². The van der Waals surface area contributed by atoms with E-state index in [0.717, 1.165) is 17.8 Å². The van der Waals surface area contributed by atoms with Crippen molar-refractivity contribution in [2.45, 2.75) is 42.3 Å². The highest BCUT2D eigenvalue weighted by Gasteiger charge is 2.29. The van der Waals surface area contributed by atoms with Gasteiger partial charge in [-0.05, 0) is 96.3 Å². The van der Waals surface area contributed by atoms with Crippen LogP contribution in [0.4, 0.5) is 11.4 Å². The van der Waals surface area contributed by atoms with Crippen LogP contribution in [0.25, 0.3) is 5.57 Å². The maximum atomic E-state index is 12.5. The van der Waals surface area contributed by atoms with Crippen LogP contribution >= 0.6 is 0 Å². The number of nitrogens with zero attached hydrogens (tertiary/aromatic N) is 1. The second-order valence-corrected chi connectivity index (χ2v) is 16.3. The van der Waals surface area contributed by atoms with E-state index in [1.807, 2.05) is 11.8 Å². The number of ketones is 1. The monoisotopic (exact) mass is 780 g/mol. The van der Waals surface area contributed by atoms with E-state index in [1.54, 1.807) is 61.5 Å². The molecule has 5 rings (SSSR count). The van der Waals surface area contributed by atoms with Gasteiger partial charge in [0.25, 0.3) is 30.4 Å². The van der Waals surface area contributed by atoms with Gasteiger partial charge in [-0.2, -0.15) is 25.3 Å². The Morgan fingerprint density at radius 1 is 0.717 bits per heavy atom. The van der Waals surface area contributed by atoms with E-state index >= 15 is 0 Å². The average Bonchev–Trinajstić information content (AvgIpc) is 3.11. The first-order chi connectivity index (χ1) is 24.8. The zero-order chi connectivity index (χ0) is 38.8. The average molecular weight is 781 g/mol. The first kappa shape index (κ1) is 39.3. The summed E-state index contributed by atoms with van der Waals surface area (Å²) < 4.78 is 101. The summed E-state index contributed by atoms with van der Waals surface area (Å²) in [6.07, 6.45) is 3.40. The van der Waals surface area contributed by atoms with Crippen molar-refractivity contribution in [1.29, 1.82) is 0 Å². The number of carbonyl (C=O) groups is 1. The van der Waals surface area contributed by atoms with Gasteiger partial charge < -0.3 is 15.3 Å². The van der Waals surface area contributed by atoms with E-state index in [9.17, 15) is 48.8 Å². The molecule has 4 aromatic rings. The maximum absolute atomic E-state index is 12.5. The lowest BCUT2D eigenvalue weighted by atomic mass is 9.90. The quantitative estimate of drug-likeness (QED) is 0.0828. The Morgan fingerprint density at radius 3 is 1.83 bits per heavy atom. The number of hydrogen-bond donors (Lipinski definition) is 5. The second kappa shape index (κ2) is 15.2. The van der Waals surface area contributed by atoms with Crippen molar-refractivity contribution in [1.82, 2.24) is 0 Å². The first-order valence-corrected chi connectivity index (χ1v) is 20.4. The maximum Gasteiger partial charge on any atom is 0.295 e. The number of allylic oxidation sites excluding steroid dienone is 4. The van der Waals surface area contributed by atoms with Crippen molar-refractivity contribution in [3.63, 3.8) is 0 Å². The number of nitrogens with one attached hydrogen (secondary N) is 1. The fourth-order valence-corrected chi connectivity index (χ4v) is 7.68. The first-order valence-electron chi connectivity index (χ1n) is 16.1. The van der Waals surface area contributed by atoms with Crippen LogP contribution < -0.4 is 10.2 Å². The Balaban J connectivity index is 1.54. The van der Waals surface area contributed by atoms with Crippen LogP contribution in [-0.2, 0) is 47.4 Å². The lowest BCUT2D eigenvalue weighted by Crippen LogP contribution is -2.34. The lowest BCUT2D eigenvalue weighted by molar-refractivity contribution is -0.110. The molecule has 278 valence electrons. The summed E-state index contributed by atoms with van der Waals surface area (Å²) in [6, 6.07) is 24.6. The van der Waals surface area contributed by atoms with Crippen LogP contribution in [0, 0.1) is 0 Å². The molecule has 0 amide bonds. The molecule has 0 aliphatic heterocycles. The molecule has 0 radical (unpaired) electrons. The zero-order valence-corrected chi connectivity index (χ0v) is 30.9. The normalized spacial score (nSPS) is 15.7. The van der Waals surface area contributed by atoms with E-state index in [4.69, 9.17) is 0 Å². The molecule has 0 aromatic heterocycles. The molecule has 53 heavy (non-hydrogen) atoms. The summed E-state index contributed by atoms with van der Waals surface area (Å²) in [5, 5.41) is 14.5. The van der Waals surface area contributed by atoms with Crippen molar-refractivity contribution in [2.75, 3.05) is 16.8 Å². The Labute approximate surface area is 307 Å². The minimum atomic E-state index is -4.87.